The topological polar surface area (TPSA) is 81.6 Å². The third-order valence-electron chi connectivity index (χ3n) is 3.65. The fourth-order valence-corrected chi connectivity index (χ4v) is 2.45. The molecule has 3 rings (SSSR count). The first kappa shape index (κ1) is 16.7. The number of carbonyl (C=O) groups is 1. The van der Waals surface area contributed by atoms with Gasteiger partial charge in [0.25, 0.3) is 5.91 Å². The van der Waals surface area contributed by atoms with Crippen LogP contribution >= 0.6 is 0 Å². The van der Waals surface area contributed by atoms with Crippen molar-refractivity contribution in [3.8, 4) is 0 Å². The number of hydrogen-bond donors (Lipinski definition) is 2. The molecule has 1 aliphatic heterocycles. The Labute approximate surface area is 141 Å². The highest BCUT2D eigenvalue weighted by Crippen LogP contribution is 2.20. The fraction of sp³-hybridized carbons (Fsp3) is 0.176. The maximum atomic E-state index is 12.1. The van der Waals surface area contributed by atoms with Crippen LogP contribution in [0.5, 0.6) is 0 Å². The van der Waals surface area contributed by atoms with Crippen LogP contribution < -0.4 is 15.7 Å². The van der Waals surface area contributed by atoms with E-state index in [2.05, 4.69) is 9.66 Å². The van der Waals surface area contributed by atoms with Gasteiger partial charge in [-0.25, -0.2) is 4.67 Å². The first-order valence-electron chi connectivity index (χ1n) is 7.44. The van der Waals surface area contributed by atoms with Crippen molar-refractivity contribution in [2.75, 3.05) is 6.54 Å². The van der Waals surface area contributed by atoms with Crippen molar-refractivity contribution in [1.29, 1.82) is 0 Å². The zero-order valence-corrected chi connectivity index (χ0v) is 13.0. The van der Waals surface area contributed by atoms with Crippen LogP contribution in [0.2, 0.25) is 0 Å². The molecule has 1 amide bonds. The van der Waals surface area contributed by atoms with Crippen LogP contribution in [0.3, 0.4) is 0 Å². The number of guanidine groups is 1. The lowest BCUT2D eigenvalue weighted by Gasteiger charge is -2.09. The summed E-state index contributed by atoms with van der Waals surface area (Å²) in [7, 11) is 0. The quantitative estimate of drug-likeness (QED) is 0.815. The van der Waals surface area contributed by atoms with Crippen molar-refractivity contribution in [3.63, 3.8) is 0 Å². The van der Waals surface area contributed by atoms with Gasteiger partial charge in [0.15, 0.2) is 5.71 Å². The van der Waals surface area contributed by atoms with Crippen molar-refractivity contribution in [3.05, 3.63) is 53.6 Å². The Bertz CT molecular complexity index is 870. The molecule has 3 N–H and O–H groups in total. The molecule has 1 aliphatic carbocycles. The van der Waals surface area contributed by atoms with Crippen LogP contribution in [0.15, 0.2) is 47.5 Å². The fourth-order valence-electron chi connectivity index (χ4n) is 2.45. The van der Waals surface area contributed by atoms with Gasteiger partial charge < -0.3 is 5.32 Å². The molecule has 0 spiro atoms. The summed E-state index contributed by atoms with van der Waals surface area (Å²) in [6.07, 6.45) is 1.75. The predicted molar refractivity (Wildman–Crippen MR) is 90.3 cm³/mol. The SMILES string of the molecule is NC1=[N+]=C2CC=C(c3ccc(C(=O)NCC(F)(F)F)cc3)C=CC2=N1. The summed E-state index contributed by atoms with van der Waals surface area (Å²) < 4.78 is 40.6. The standard InChI is InChI=1S/C17H13F3N4O/c18-17(19,20)9-22-15(25)12-3-1-10(2-4-12)11-5-7-13-14(8-6-11)24-16(21)23-13/h1-7,21H,8-9H2,(H,22,25)/p+1. The Morgan fingerprint density at radius 3 is 2.64 bits per heavy atom. The Morgan fingerprint density at radius 2 is 1.96 bits per heavy atom. The molecule has 0 aromatic heterocycles. The van der Waals surface area contributed by atoms with E-state index >= 15 is 0 Å². The van der Waals surface area contributed by atoms with Gasteiger partial charge in [0.05, 0.1) is 0 Å². The van der Waals surface area contributed by atoms with Gasteiger partial charge in [0.2, 0.25) is 5.71 Å². The Kier molecular flexibility index (Phi) is 4.29. The van der Waals surface area contributed by atoms with Crippen LogP contribution in [0.25, 0.3) is 5.57 Å². The van der Waals surface area contributed by atoms with Gasteiger partial charge >= 0.3 is 12.1 Å². The van der Waals surface area contributed by atoms with Crippen molar-refractivity contribution in [2.45, 2.75) is 12.6 Å². The first-order chi connectivity index (χ1) is 11.8. The van der Waals surface area contributed by atoms with Crippen molar-refractivity contribution in [2.24, 2.45) is 10.7 Å². The minimum atomic E-state index is -4.43. The summed E-state index contributed by atoms with van der Waals surface area (Å²) >= 11 is 0. The van der Waals surface area contributed by atoms with Gasteiger partial charge in [-0.2, -0.15) is 13.2 Å². The number of amides is 1. The normalized spacial score (nSPS) is 16.3. The molecule has 0 radical (unpaired) electrons. The highest BCUT2D eigenvalue weighted by molar-refractivity contribution is 6.50. The summed E-state index contributed by atoms with van der Waals surface area (Å²) in [5, 5.41) is 1.84. The van der Waals surface area contributed by atoms with E-state index in [0.29, 0.717) is 12.1 Å². The Morgan fingerprint density at radius 1 is 1.24 bits per heavy atom. The molecular formula is C17H14F3N4O+. The molecule has 1 aromatic carbocycles. The van der Waals surface area contributed by atoms with E-state index in [1.807, 2.05) is 23.5 Å². The van der Waals surface area contributed by atoms with Crippen LogP contribution in [-0.4, -0.2) is 36.0 Å². The summed E-state index contributed by atoms with van der Waals surface area (Å²) in [6.45, 7) is -1.36. The number of nitrogens with zero attached hydrogens (tertiary/aromatic N) is 2. The summed E-state index contributed by atoms with van der Waals surface area (Å²) in [6, 6.07) is 6.35. The number of nitrogens with two attached hydrogens (primary N) is 1. The highest BCUT2D eigenvalue weighted by atomic mass is 19.4. The maximum Gasteiger partial charge on any atom is 0.478 e. The molecule has 1 aromatic rings. The van der Waals surface area contributed by atoms with Crippen LogP contribution in [0, 0.1) is 0 Å². The molecular weight excluding hydrogens is 333 g/mol. The number of hydrogen-bond acceptors (Lipinski definition) is 3. The van der Waals surface area contributed by atoms with Crippen LogP contribution in [0.1, 0.15) is 22.3 Å². The number of halogens is 3. The molecule has 0 saturated heterocycles. The number of allylic oxidation sites excluding steroid dienone is 4. The number of carbonyl (C=O) groups excluding carboxylic acids is 1. The largest absolute Gasteiger partial charge is 0.478 e. The van der Waals surface area contributed by atoms with E-state index in [9.17, 15) is 18.0 Å². The zero-order chi connectivity index (χ0) is 18.0. The second-order valence-electron chi connectivity index (χ2n) is 5.49. The molecule has 0 atom stereocenters. The van der Waals surface area contributed by atoms with E-state index in [-0.39, 0.29) is 11.5 Å². The van der Waals surface area contributed by atoms with Crippen molar-refractivity contribution < 1.29 is 18.0 Å². The van der Waals surface area contributed by atoms with Crippen LogP contribution in [0.4, 0.5) is 13.2 Å². The average Bonchev–Trinajstić information content (AvgIpc) is 2.81. The molecule has 0 saturated carbocycles. The molecule has 8 heteroatoms. The number of alkyl halides is 3. The average molecular weight is 347 g/mol. The number of fused-ring (bicyclic) bond motifs is 1. The lowest BCUT2D eigenvalue weighted by molar-refractivity contribution is -0.123. The number of nitrogens with one attached hydrogen (secondary N) is 1. The molecule has 0 unspecified atom stereocenters. The molecule has 5 nitrogen and oxygen atoms in total. The second-order valence-corrected chi connectivity index (χ2v) is 5.49. The maximum absolute atomic E-state index is 12.1. The first-order valence-corrected chi connectivity index (χ1v) is 7.44. The lowest BCUT2D eigenvalue weighted by atomic mass is 10.0. The highest BCUT2D eigenvalue weighted by Gasteiger charge is 2.28. The second kappa shape index (κ2) is 6.41. The summed E-state index contributed by atoms with van der Waals surface area (Å²) in [4.78, 5) is 15.8. The summed E-state index contributed by atoms with van der Waals surface area (Å²) in [5.74, 6) is -0.528. The molecule has 128 valence electrons. The van der Waals surface area contributed by atoms with E-state index in [4.69, 9.17) is 5.73 Å². The van der Waals surface area contributed by atoms with E-state index in [1.54, 1.807) is 12.1 Å². The predicted octanol–water partition coefficient (Wildman–Crippen LogP) is 1.60. The lowest BCUT2D eigenvalue weighted by Crippen LogP contribution is -2.33. The third kappa shape index (κ3) is 4.05. The van der Waals surface area contributed by atoms with Gasteiger partial charge in [0.1, 0.15) is 6.54 Å². The third-order valence-corrected chi connectivity index (χ3v) is 3.65. The van der Waals surface area contributed by atoms with Gasteiger partial charge in [-0.15, -0.1) is 0 Å². The van der Waals surface area contributed by atoms with E-state index in [0.717, 1.165) is 16.8 Å². The molecule has 25 heavy (non-hydrogen) atoms. The smallest absolute Gasteiger partial charge is 0.343 e. The van der Waals surface area contributed by atoms with Gasteiger partial charge in [0, 0.05) is 12.0 Å². The van der Waals surface area contributed by atoms with E-state index < -0.39 is 18.6 Å². The van der Waals surface area contributed by atoms with Gasteiger partial charge in [-0.1, -0.05) is 29.3 Å². The summed E-state index contributed by atoms with van der Waals surface area (Å²) in [5.41, 5.74) is 8.97. The Balaban J connectivity index is 1.73. The van der Waals surface area contributed by atoms with Crippen molar-refractivity contribution in [1.82, 2.24) is 9.98 Å². The molecule has 1 heterocycles. The van der Waals surface area contributed by atoms with Gasteiger partial charge in [-0.3, -0.25) is 10.5 Å². The van der Waals surface area contributed by atoms with Crippen LogP contribution in [-0.2, 0) is 0 Å². The van der Waals surface area contributed by atoms with E-state index in [1.165, 1.54) is 12.1 Å². The number of rotatable bonds is 3. The Hall–Kier alpha value is -3.12. The zero-order valence-electron chi connectivity index (χ0n) is 13.0. The minimum Gasteiger partial charge on any atom is -0.343 e. The monoisotopic (exact) mass is 347 g/mol. The minimum absolute atomic E-state index is 0.166. The molecule has 0 fully saturated rings. The number of aliphatic imine (C=N–C) groups is 1. The van der Waals surface area contributed by atoms with Gasteiger partial charge in [-0.05, 0) is 29.3 Å². The number of benzene rings is 1. The van der Waals surface area contributed by atoms with Crippen molar-refractivity contribution >= 4 is 28.9 Å². The molecule has 2 aliphatic rings. The molecule has 0 bridgehead atoms.